The molecule has 2 nitrogen and oxygen atoms in total. The Balaban J connectivity index is 1.86. The molecule has 0 N–H and O–H groups in total. The predicted molar refractivity (Wildman–Crippen MR) is 75.5 cm³/mol. The van der Waals surface area contributed by atoms with Crippen molar-refractivity contribution >= 4 is 32.4 Å². The van der Waals surface area contributed by atoms with Gasteiger partial charge in [0, 0.05) is 22.9 Å². The van der Waals surface area contributed by atoms with Crippen LogP contribution >= 0.6 is 27.3 Å². The number of nitrogens with zero attached hydrogens (tertiary/aromatic N) is 2. The van der Waals surface area contributed by atoms with E-state index in [1.165, 1.54) is 16.8 Å². The summed E-state index contributed by atoms with van der Waals surface area (Å²) >= 11 is 5.27. The van der Waals surface area contributed by atoms with Gasteiger partial charge in [-0.2, -0.15) is 0 Å². The fourth-order valence-electron chi connectivity index (χ4n) is 2.10. The van der Waals surface area contributed by atoms with E-state index in [0.29, 0.717) is 0 Å². The van der Waals surface area contributed by atoms with Crippen LogP contribution in [-0.2, 0) is 19.5 Å². The molecule has 0 saturated carbocycles. The lowest BCUT2D eigenvalue weighted by Crippen LogP contribution is -2.14. The first-order valence-corrected chi connectivity index (χ1v) is 7.40. The SMILES string of the molecule is CCc1csc(N2Cc3ccc(Br)cc3C2)n1. The number of rotatable bonds is 2. The summed E-state index contributed by atoms with van der Waals surface area (Å²) in [7, 11) is 0. The molecule has 1 aliphatic rings. The highest BCUT2D eigenvalue weighted by Gasteiger charge is 2.21. The summed E-state index contributed by atoms with van der Waals surface area (Å²) in [6.45, 7) is 4.11. The molecule has 1 aliphatic heterocycles. The largest absolute Gasteiger partial charge is 0.339 e. The molecule has 0 spiro atoms. The number of hydrogen-bond acceptors (Lipinski definition) is 3. The van der Waals surface area contributed by atoms with Gasteiger partial charge in [-0.15, -0.1) is 11.3 Å². The number of aryl methyl sites for hydroxylation is 1. The van der Waals surface area contributed by atoms with Crippen molar-refractivity contribution in [1.29, 1.82) is 0 Å². The Morgan fingerprint density at radius 2 is 2.18 bits per heavy atom. The minimum atomic E-state index is 0.978. The second-order valence-corrected chi connectivity index (χ2v) is 6.00. The lowest BCUT2D eigenvalue weighted by atomic mass is 10.1. The molecule has 0 radical (unpaired) electrons. The molecule has 3 rings (SSSR count). The number of thiazole rings is 1. The molecule has 17 heavy (non-hydrogen) atoms. The van der Waals surface area contributed by atoms with E-state index in [1.807, 2.05) is 0 Å². The van der Waals surface area contributed by atoms with Gasteiger partial charge < -0.3 is 4.90 Å². The zero-order chi connectivity index (χ0) is 11.8. The lowest BCUT2D eigenvalue weighted by molar-refractivity contribution is 0.865. The molecule has 1 aromatic heterocycles. The van der Waals surface area contributed by atoms with Crippen molar-refractivity contribution in [2.24, 2.45) is 0 Å². The topological polar surface area (TPSA) is 16.1 Å². The Kier molecular flexibility index (Phi) is 2.92. The van der Waals surface area contributed by atoms with Crippen LogP contribution in [0.2, 0.25) is 0 Å². The summed E-state index contributed by atoms with van der Waals surface area (Å²) in [6, 6.07) is 6.53. The maximum atomic E-state index is 4.65. The molecule has 88 valence electrons. The van der Waals surface area contributed by atoms with Crippen LogP contribution in [0.15, 0.2) is 28.1 Å². The van der Waals surface area contributed by atoms with Gasteiger partial charge >= 0.3 is 0 Å². The summed E-state index contributed by atoms with van der Waals surface area (Å²) in [4.78, 5) is 7.00. The van der Waals surface area contributed by atoms with Crippen molar-refractivity contribution in [3.8, 4) is 0 Å². The van der Waals surface area contributed by atoms with Crippen molar-refractivity contribution in [2.45, 2.75) is 26.4 Å². The van der Waals surface area contributed by atoms with E-state index in [9.17, 15) is 0 Å². The summed E-state index contributed by atoms with van der Waals surface area (Å²) in [5, 5.41) is 3.31. The minimum absolute atomic E-state index is 0.978. The van der Waals surface area contributed by atoms with Gasteiger partial charge in [-0.1, -0.05) is 28.9 Å². The van der Waals surface area contributed by atoms with Crippen LogP contribution in [-0.4, -0.2) is 4.98 Å². The van der Waals surface area contributed by atoms with Crippen molar-refractivity contribution < 1.29 is 0 Å². The number of hydrogen-bond donors (Lipinski definition) is 0. The van der Waals surface area contributed by atoms with E-state index < -0.39 is 0 Å². The average molecular weight is 309 g/mol. The summed E-state index contributed by atoms with van der Waals surface area (Å²) in [5.41, 5.74) is 4.02. The van der Waals surface area contributed by atoms with Gasteiger partial charge in [-0.25, -0.2) is 4.98 Å². The van der Waals surface area contributed by atoms with E-state index >= 15 is 0 Å². The zero-order valence-corrected chi connectivity index (χ0v) is 12.0. The van der Waals surface area contributed by atoms with Gasteiger partial charge in [-0.3, -0.25) is 0 Å². The molecular formula is C13H13BrN2S. The fraction of sp³-hybridized carbons (Fsp3) is 0.308. The molecule has 0 amide bonds. The summed E-state index contributed by atoms with van der Waals surface area (Å²) < 4.78 is 1.16. The van der Waals surface area contributed by atoms with Gasteiger partial charge in [-0.05, 0) is 29.7 Å². The predicted octanol–water partition coefficient (Wildman–Crippen LogP) is 3.99. The van der Waals surface area contributed by atoms with Crippen molar-refractivity contribution in [2.75, 3.05) is 4.90 Å². The molecule has 1 aromatic carbocycles. The average Bonchev–Trinajstić information content (AvgIpc) is 2.93. The van der Waals surface area contributed by atoms with Gasteiger partial charge in [0.15, 0.2) is 5.13 Å². The first-order chi connectivity index (χ1) is 8.26. The summed E-state index contributed by atoms with van der Waals surface area (Å²) in [5.74, 6) is 0. The Morgan fingerprint density at radius 3 is 2.94 bits per heavy atom. The molecule has 0 saturated heterocycles. The normalized spacial score (nSPS) is 14.1. The second kappa shape index (κ2) is 4.42. The molecule has 0 fully saturated rings. The Labute approximate surface area is 113 Å². The molecular weight excluding hydrogens is 296 g/mol. The monoisotopic (exact) mass is 308 g/mol. The molecule has 2 aromatic rings. The molecule has 0 unspecified atom stereocenters. The fourth-order valence-corrected chi connectivity index (χ4v) is 3.42. The second-order valence-electron chi connectivity index (χ2n) is 4.24. The molecule has 0 atom stereocenters. The van der Waals surface area contributed by atoms with Crippen LogP contribution < -0.4 is 4.90 Å². The highest BCUT2D eigenvalue weighted by atomic mass is 79.9. The van der Waals surface area contributed by atoms with Crippen molar-refractivity contribution in [1.82, 2.24) is 4.98 Å². The number of fused-ring (bicyclic) bond motifs is 1. The standard InChI is InChI=1S/C13H13BrN2S/c1-2-12-8-17-13(15-12)16-6-9-3-4-11(14)5-10(9)7-16/h3-5,8H,2,6-7H2,1H3. The zero-order valence-electron chi connectivity index (χ0n) is 9.61. The van der Waals surface area contributed by atoms with Gasteiger partial charge in [0.1, 0.15) is 0 Å². The highest BCUT2D eigenvalue weighted by molar-refractivity contribution is 9.10. The Bertz CT molecular complexity index is 550. The van der Waals surface area contributed by atoms with Crippen LogP contribution in [0.3, 0.4) is 0 Å². The van der Waals surface area contributed by atoms with Crippen molar-refractivity contribution in [3.63, 3.8) is 0 Å². The van der Waals surface area contributed by atoms with Gasteiger partial charge in [0.05, 0.1) is 5.69 Å². The first kappa shape index (κ1) is 11.2. The third kappa shape index (κ3) is 2.11. The first-order valence-electron chi connectivity index (χ1n) is 5.73. The van der Waals surface area contributed by atoms with Crippen LogP contribution in [0.1, 0.15) is 23.7 Å². The Morgan fingerprint density at radius 1 is 1.35 bits per heavy atom. The smallest absolute Gasteiger partial charge is 0.186 e. The number of halogens is 1. The van der Waals surface area contributed by atoms with Crippen LogP contribution in [0.4, 0.5) is 5.13 Å². The molecule has 2 heterocycles. The molecule has 0 aliphatic carbocycles. The maximum Gasteiger partial charge on any atom is 0.186 e. The van der Waals surface area contributed by atoms with E-state index in [0.717, 1.165) is 29.1 Å². The van der Waals surface area contributed by atoms with Crippen LogP contribution in [0.5, 0.6) is 0 Å². The third-order valence-electron chi connectivity index (χ3n) is 3.06. The molecule has 4 heteroatoms. The van der Waals surface area contributed by atoms with E-state index in [-0.39, 0.29) is 0 Å². The van der Waals surface area contributed by atoms with Crippen LogP contribution in [0, 0.1) is 0 Å². The van der Waals surface area contributed by atoms with E-state index in [2.05, 4.69) is 56.3 Å². The van der Waals surface area contributed by atoms with Crippen LogP contribution in [0.25, 0.3) is 0 Å². The third-order valence-corrected chi connectivity index (χ3v) is 4.51. The number of aromatic nitrogens is 1. The highest BCUT2D eigenvalue weighted by Crippen LogP contribution is 2.31. The number of anilines is 1. The molecule has 0 bridgehead atoms. The maximum absolute atomic E-state index is 4.65. The lowest BCUT2D eigenvalue weighted by Gasteiger charge is -2.12. The van der Waals surface area contributed by atoms with E-state index in [4.69, 9.17) is 0 Å². The van der Waals surface area contributed by atoms with Gasteiger partial charge in [0.25, 0.3) is 0 Å². The summed E-state index contributed by atoms with van der Waals surface area (Å²) in [6.07, 6.45) is 1.02. The Hall–Kier alpha value is -0.870. The van der Waals surface area contributed by atoms with Gasteiger partial charge in [0.2, 0.25) is 0 Å². The quantitative estimate of drug-likeness (QED) is 0.834. The van der Waals surface area contributed by atoms with Crippen molar-refractivity contribution in [3.05, 3.63) is 44.9 Å². The number of benzene rings is 1. The minimum Gasteiger partial charge on any atom is -0.339 e. The van der Waals surface area contributed by atoms with E-state index in [1.54, 1.807) is 11.3 Å².